The molecule has 4 fully saturated rings. The SMILES string of the molecule is CC(C)N1C(=O)C2C3SC(C(OC(=O)C4CCCCCCC4)C31)C2C(=O)OCC(F)(F)S(=O)(=O)O. The molecule has 4 aliphatic rings. The van der Waals surface area contributed by atoms with Crippen molar-refractivity contribution in [1.82, 2.24) is 4.90 Å². The van der Waals surface area contributed by atoms with Crippen LogP contribution in [0.1, 0.15) is 58.8 Å². The Labute approximate surface area is 207 Å². The Hall–Kier alpha value is -1.47. The first-order chi connectivity index (χ1) is 16.3. The van der Waals surface area contributed by atoms with Crippen molar-refractivity contribution in [1.29, 1.82) is 0 Å². The topological polar surface area (TPSA) is 127 Å². The molecule has 1 amide bonds. The zero-order valence-electron chi connectivity index (χ0n) is 19.6. The Morgan fingerprint density at radius 3 is 2.29 bits per heavy atom. The first-order valence-electron chi connectivity index (χ1n) is 12.0. The highest BCUT2D eigenvalue weighted by molar-refractivity contribution is 8.01. The van der Waals surface area contributed by atoms with Gasteiger partial charge in [0, 0.05) is 11.3 Å². The molecule has 6 atom stereocenters. The number of fused-ring (bicyclic) bond motifs is 1. The van der Waals surface area contributed by atoms with E-state index < -0.39 is 57.2 Å². The molecule has 3 aliphatic heterocycles. The van der Waals surface area contributed by atoms with Gasteiger partial charge in [-0.25, -0.2) is 0 Å². The first-order valence-corrected chi connectivity index (χ1v) is 14.4. The van der Waals surface area contributed by atoms with Crippen LogP contribution in [-0.4, -0.2) is 76.3 Å². The van der Waals surface area contributed by atoms with Crippen LogP contribution in [0.25, 0.3) is 0 Å². The molecule has 13 heteroatoms. The number of amides is 1. The Morgan fingerprint density at radius 1 is 1.11 bits per heavy atom. The van der Waals surface area contributed by atoms with Crippen LogP contribution in [0.15, 0.2) is 0 Å². The molecule has 0 aromatic rings. The zero-order valence-corrected chi connectivity index (χ0v) is 21.2. The highest BCUT2D eigenvalue weighted by atomic mass is 32.2. The minimum Gasteiger partial charge on any atom is -0.459 e. The smallest absolute Gasteiger partial charge is 0.402 e. The summed E-state index contributed by atoms with van der Waals surface area (Å²) in [6.45, 7) is 1.76. The number of ether oxygens (including phenoxy) is 2. The van der Waals surface area contributed by atoms with Crippen LogP contribution < -0.4 is 0 Å². The van der Waals surface area contributed by atoms with Crippen molar-refractivity contribution in [2.24, 2.45) is 17.8 Å². The molecular formula is C22H31F2NO8S2. The van der Waals surface area contributed by atoms with Gasteiger partial charge in [0.15, 0.2) is 6.61 Å². The van der Waals surface area contributed by atoms with Crippen molar-refractivity contribution in [2.75, 3.05) is 6.61 Å². The molecule has 1 N–H and O–H groups in total. The largest absolute Gasteiger partial charge is 0.459 e. The fourth-order valence-corrected chi connectivity index (χ4v) is 8.20. The third kappa shape index (κ3) is 4.79. The highest BCUT2D eigenvalue weighted by Gasteiger charge is 2.72. The van der Waals surface area contributed by atoms with Crippen molar-refractivity contribution >= 4 is 39.7 Å². The molecule has 0 radical (unpaired) electrons. The van der Waals surface area contributed by atoms with Gasteiger partial charge in [-0.3, -0.25) is 18.9 Å². The van der Waals surface area contributed by atoms with Gasteiger partial charge in [-0.05, 0) is 26.7 Å². The van der Waals surface area contributed by atoms with E-state index in [0.29, 0.717) is 12.8 Å². The summed E-state index contributed by atoms with van der Waals surface area (Å²) < 4.78 is 68.3. The normalized spacial score (nSPS) is 33.7. The van der Waals surface area contributed by atoms with Crippen LogP contribution >= 0.6 is 11.8 Å². The van der Waals surface area contributed by atoms with E-state index in [4.69, 9.17) is 9.29 Å². The molecule has 3 saturated heterocycles. The fourth-order valence-electron chi connectivity index (χ4n) is 5.91. The van der Waals surface area contributed by atoms with Crippen LogP contribution in [0.3, 0.4) is 0 Å². The molecule has 0 spiro atoms. The average Bonchev–Trinajstić information content (AvgIpc) is 3.33. The Balaban J connectivity index is 1.54. The summed E-state index contributed by atoms with van der Waals surface area (Å²) in [6.07, 6.45) is 5.71. The van der Waals surface area contributed by atoms with Crippen LogP contribution in [0.2, 0.25) is 0 Å². The lowest BCUT2D eigenvalue weighted by atomic mass is 9.78. The van der Waals surface area contributed by atoms with Crippen LogP contribution in [0.4, 0.5) is 8.78 Å². The molecule has 35 heavy (non-hydrogen) atoms. The molecule has 9 nitrogen and oxygen atoms in total. The van der Waals surface area contributed by atoms with Crippen molar-refractivity contribution in [3.05, 3.63) is 0 Å². The van der Waals surface area contributed by atoms with Gasteiger partial charge in [0.1, 0.15) is 6.10 Å². The van der Waals surface area contributed by atoms with Crippen molar-refractivity contribution in [3.8, 4) is 0 Å². The highest BCUT2D eigenvalue weighted by Crippen LogP contribution is 2.60. The maximum absolute atomic E-state index is 13.6. The van der Waals surface area contributed by atoms with Gasteiger partial charge in [0.05, 0.1) is 29.0 Å². The van der Waals surface area contributed by atoms with Crippen molar-refractivity contribution in [2.45, 2.75) is 92.7 Å². The van der Waals surface area contributed by atoms with Gasteiger partial charge in [-0.2, -0.15) is 17.2 Å². The third-order valence-corrected chi connectivity index (χ3v) is 10.2. The predicted molar refractivity (Wildman–Crippen MR) is 121 cm³/mol. The molecule has 4 rings (SSSR count). The number of carbonyl (C=O) groups excluding carboxylic acids is 3. The number of hydrogen-bond acceptors (Lipinski definition) is 8. The van der Waals surface area contributed by atoms with Gasteiger partial charge in [-0.1, -0.05) is 32.1 Å². The molecule has 1 aliphatic carbocycles. The third-order valence-electron chi connectivity index (χ3n) is 7.55. The van der Waals surface area contributed by atoms with Gasteiger partial charge >= 0.3 is 27.3 Å². The first kappa shape index (κ1) is 26.6. The number of rotatable bonds is 7. The molecule has 1 saturated carbocycles. The van der Waals surface area contributed by atoms with Crippen LogP contribution in [-0.2, 0) is 34.0 Å². The maximum atomic E-state index is 13.6. The van der Waals surface area contributed by atoms with Gasteiger partial charge in [-0.15, -0.1) is 11.8 Å². The lowest BCUT2D eigenvalue weighted by Gasteiger charge is -2.35. The van der Waals surface area contributed by atoms with E-state index in [2.05, 4.69) is 4.74 Å². The Morgan fingerprint density at radius 2 is 1.71 bits per heavy atom. The summed E-state index contributed by atoms with van der Waals surface area (Å²) in [4.78, 5) is 40.9. The monoisotopic (exact) mass is 539 g/mol. The number of thioether (sulfide) groups is 1. The van der Waals surface area contributed by atoms with Crippen molar-refractivity contribution < 1.29 is 45.6 Å². The van der Waals surface area contributed by atoms with E-state index in [1.165, 1.54) is 11.8 Å². The molecular weight excluding hydrogens is 508 g/mol. The number of halogens is 2. The Kier molecular flexibility index (Phi) is 7.42. The van der Waals surface area contributed by atoms with Crippen LogP contribution in [0, 0.1) is 17.8 Å². The van der Waals surface area contributed by atoms with E-state index in [1.54, 1.807) is 4.90 Å². The summed E-state index contributed by atoms with van der Waals surface area (Å²) >= 11 is 1.32. The number of carbonyl (C=O) groups is 3. The van der Waals surface area contributed by atoms with E-state index in [0.717, 1.165) is 32.1 Å². The molecule has 0 aromatic carbocycles. The van der Waals surface area contributed by atoms with E-state index >= 15 is 0 Å². The van der Waals surface area contributed by atoms with Gasteiger partial charge in [0.2, 0.25) is 5.91 Å². The lowest BCUT2D eigenvalue weighted by molar-refractivity contribution is -0.165. The Bertz CT molecular complexity index is 967. The zero-order chi connectivity index (χ0) is 25.7. The van der Waals surface area contributed by atoms with E-state index in [1.807, 2.05) is 13.8 Å². The number of hydrogen-bond donors (Lipinski definition) is 1. The number of nitrogens with zero attached hydrogens (tertiary/aromatic N) is 1. The summed E-state index contributed by atoms with van der Waals surface area (Å²) in [5, 5.41) is -5.72. The van der Waals surface area contributed by atoms with Crippen molar-refractivity contribution in [3.63, 3.8) is 0 Å². The van der Waals surface area contributed by atoms with E-state index in [9.17, 15) is 31.6 Å². The fraction of sp³-hybridized carbons (Fsp3) is 0.864. The predicted octanol–water partition coefficient (Wildman–Crippen LogP) is 2.63. The minimum atomic E-state index is -5.78. The number of alkyl halides is 2. The molecule has 6 unspecified atom stereocenters. The molecule has 3 heterocycles. The standard InChI is InChI=1S/C22H31F2NO8S2/c1-11(2)25-15-16(33-20(27)12-8-6-4-3-5-7-9-12)18-14(13(19(25)26)17(15)34-18)21(28)32-10-22(23,24)35(29,30)31/h11-18H,3-10H2,1-2H3,(H,29,30,31). The van der Waals surface area contributed by atoms with Crippen LogP contribution in [0.5, 0.6) is 0 Å². The molecule has 0 aromatic heterocycles. The minimum absolute atomic E-state index is 0.236. The summed E-state index contributed by atoms with van der Waals surface area (Å²) in [6, 6.07) is -0.663. The average molecular weight is 540 g/mol. The second-order valence-electron chi connectivity index (χ2n) is 10.1. The summed E-state index contributed by atoms with van der Waals surface area (Å²) in [7, 11) is -5.78. The van der Waals surface area contributed by atoms with Gasteiger partial charge < -0.3 is 14.4 Å². The summed E-state index contributed by atoms with van der Waals surface area (Å²) in [5.74, 6) is -4.13. The second-order valence-corrected chi connectivity index (χ2v) is 13.0. The number of likely N-dealkylation sites (tertiary alicyclic amines) is 1. The number of esters is 2. The van der Waals surface area contributed by atoms with Gasteiger partial charge in [0.25, 0.3) is 0 Å². The maximum Gasteiger partial charge on any atom is 0.402 e. The molecule has 198 valence electrons. The van der Waals surface area contributed by atoms with E-state index in [-0.39, 0.29) is 29.1 Å². The molecule has 2 bridgehead atoms. The second kappa shape index (κ2) is 9.77. The quantitative estimate of drug-likeness (QED) is 0.384. The summed E-state index contributed by atoms with van der Waals surface area (Å²) in [5.41, 5.74) is 0. The lowest BCUT2D eigenvalue weighted by Crippen LogP contribution is -2.52.